The maximum Gasteiger partial charge on any atom is 0.264 e. The van der Waals surface area contributed by atoms with Crippen molar-refractivity contribution in [2.75, 3.05) is 16.2 Å². The monoisotopic (exact) mass is 370 g/mol. The van der Waals surface area contributed by atoms with E-state index in [-0.39, 0.29) is 10.8 Å². The van der Waals surface area contributed by atoms with Gasteiger partial charge in [0.15, 0.2) is 0 Å². The van der Waals surface area contributed by atoms with Crippen LogP contribution in [0.25, 0.3) is 11.0 Å². The third-order valence-corrected chi connectivity index (χ3v) is 5.86. The zero-order valence-electron chi connectivity index (χ0n) is 14.0. The van der Waals surface area contributed by atoms with Gasteiger partial charge in [-0.1, -0.05) is 6.07 Å². The van der Waals surface area contributed by atoms with Crippen molar-refractivity contribution in [3.05, 3.63) is 48.8 Å². The second-order valence-corrected chi connectivity index (χ2v) is 7.86. The second kappa shape index (κ2) is 6.45. The van der Waals surface area contributed by atoms with E-state index in [4.69, 9.17) is 0 Å². The Balaban J connectivity index is 1.64. The molecule has 4 rings (SSSR count). The third kappa shape index (κ3) is 3.03. The predicted octanol–water partition coefficient (Wildman–Crippen LogP) is 2.88. The van der Waals surface area contributed by atoms with Gasteiger partial charge < -0.3 is 9.88 Å². The Hall–Kier alpha value is -2.87. The van der Waals surface area contributed by atoms with Crippen molar-refractivity contribution >= 4 is 38.3 Å². The topological polar surface area (TPSA) is 95.2 Å². The van der Waals surface area contributed by atoms with E-state index >= 15 is 0 Å². The van der Waals surface area contributed by atoms with E-state index in [0.29, 0.717) is 35.4 Å². The smallest absolute Gasteiger partial charge is 0.264 e. The first-order valence-electron chi connectivity index (χ1n) is 8.40. The maximum absolute atomic E-state index is 12.8. The fourth-order valence-corrected chi connectivity index (χ4v) is 4.39. The molecule has 2 aromatic heterocycles. The van der Waals surface area contributed by atoms with E-state index in [0.717, 1.165) is 12.8 Å². The van der Waals surface area contributed by atoms with Crippen LogP contribution in [0.4, 0.5) is 11.4 Å². The number of amides is 1. The van der Waals surface area contributed by atoms with Crippen molar-refractivity contribution in [2.24, 2.45) is 0 Å². The molecule has 0 bridgehead atoms. The number of piperidine rings is 1. The number of hydrogen-bond acceptors (Lipinski definition) is 4. The number of aromatic nitrogens is 2. The molecule has 7 nitrogen and oxygen atoms in total. The molecule has 1 aliphatic heterocycles. The van der Waals surface area contributed by atoms with Gasteiger partial charge in [-0.2, -0.15) is 0 Å². The van der Waals surface area contributed by atoms with Crippen LogP contribution in [0.1, 0.15) is 19.3 Å². The minimum atomic E-state index is -3.78. The van der Waals surface area contributed by atoms with Gasteiger partial charge in [-0.05, 0) is 43.2 Å². The number of sulfonamides is 1. The van der Waals surface area contributed by atoms with Gasteiger partial charge in [0.1, 0.15) is 10.5 Å². The van der Waals surface area contributed by atoms with E-state index in [1.807, 2.05) is 6.07 Å². The van der Waals surface area contributed by atoms with Crippen molar-refractivity contribution in [1.82, 2.24) is 9.97 Å². The van der Waals surface area contributed by atoms with Gasteiger partial charge in [-0.3, -0.25) is 9.52 Å². The normalized spacial score (nSPS) is 15.4. The number of hydrogen-bond donors (Lipinski definition) is 2. The summed E-state index contributed by atoms with van der Waals surface area (Å²) >= 11 is 0. The Morgan fingerprint density at radius 1 is 1.15 bits per heavy atom. The number of nitrogens with zero attached hydrogens (tertiary/aromatic N) is 2. The zero-order valence-corrected chi connectivity index (χ0v) is 14.8. The number of pyridine rings is 1. The van der Waals surface area contributed by atoms with Crippen LogP contribution in [-0.2, 0) is 14.8 Å². The molecule has 0 unspecified atom stereocenters. The molecule has 0 aliphatic carbocycles. The van der Waals surface area contributed by atoms with E-state index in [9.17, 15) is 13.2 Å². The summed E-state index contributed by atoms with van der Waals surface area (Å²) in [5.74, 6) is 0.0685. The Kier molecular flexibility index (Phi) is 4.12. The number of carbonyl (C=O) groups excluding carboxylic acids is 1. The van der Waals surface area contributed by atoms with Crippen LogP contribution in [-0.4, -0.2) is 30.8 Å². The molecular formula is C18H18N4O3S. The first-order chi connectivity index (χ1) is 12.5. The highest BCUT2D eigenvalue weighted by atomic mass is 32.2. The van der Waals surface area contributed by atoms with Gasteiger partial charge in [-0.15, -0.1) is 0 Å². The van der Waals surface area contributed by atoms with E-state index in [1.54, 1.807) is 41.4 Å². The molecule has 1 saturated heterocycles. The van der Waals surface area contributed by atoms with Gasteiger partial charge in [0.2, 0.25) is 5.91 Å². The lowest BCUT2D eigenvalue weighted by Crippen LogP contribution is -2.35. The molecule has 3 heterocycles. The van der Waals surface area contributed by atoms with Gasteiger partial charge in [0.25, 0.3) is 10.0 Å². The zero-order chi connectivity index (χ0) is 18.1. The molecule has 0 saturated carbocycles. The molecule has 3 aromatic rings. The van der Waals surface area contributed by atoms with Gasteiger partial charge in [0, 0.05) is 36.4 Å². The fourth-order valence-electron chi connectivity index (χ4n) is 3.18. The van der Waals surface area contributed by atoms with Crippen LogP contribution in [0, 0.1) is 0 Å². The predicted molar refractivity (Wildman–Crippen MR) is 99.5 cm³/mol. The molecule has 2 N–H and O–H groups in total. The Labute approximate surface area is 151 Å². The third-order valence-electron chi connectivity index (χ3n) is 4.44. The standard InChI is InChI=1S/C18H18N4O3S/c23-17-8-1-2-10-22(17)14-6-3-5-13(11-14)21-26(24,25)16-12-20-18-15(16)7-4-9-19-18/h3-7,9,11-12,21H,1-2,8,10H2,(H,19,20). The van der Waals surface area contributed by atoms with Crippen LogP contribution >= 0.6 is 0 Å². The Bertz CT molecular complexity index is 1070. The minimum Gasteiger partial charge on any atom is -0.345 e. The highest BCUT2D eigenvalue weighted by Gasteiger charge is 2.22. The molecule has 1 aromatic carbocycles. The summed E-state index contributed by atoms with van der Waals surface area (Å²) in [6.07, 6.45) is 5.40. The van der Waals surface area contributed by atoms with Gasteiger partial charge >= 0.3 is 0 Å². The lowest BCUT2D eigenvalue weighted by atomic mass is 10.1. The van der Waals surface area contributed by atoms with Crippen molar-refractivity contribution in [2.45, 2.75) is 24.2 Å². The molecule has 134 valence electrons. The molecule has 1 fully saturated rings. The molecular weight excluding hydrogens is 352 g/mol. The van der Waals surface area contributed by atoms with E-state index in [2.05, 4.69) is 14.7 Å². The average Bonchev–Trinajstić information content (AvgIpc) is 3.07. The molecule has 8 heteroatoms. The fraction of sp³-hybridized carbons (Fsp3) is 0.222. The number of H-pyrrole nitrogens is 1. The first-order valence-corrected chi connectivity index (χ1v) is 9.88. The van der Waals surface area contributed by atoms with E-state index < -0.39 is 10.0 Å². The summed E-state index contributed by atoms with van der Waals surface area (Å²) in [6, 6.07) is 10.3. The highest BCUT2D eigenvalue weighted by Crippen LogP contribution is 2.27. The molecule has 0 radical (unpaired) electrons. The van der Waals surface area contributed by atoms with Crippen molar-refractivity contribution in [1.29, 1.82) is 0 Å². The summed E-state index contributed by atoms with van der Waals surface area (Å²) in [6.45, 7) is 0.656. The number of nitrogens with one attached hydrogen (secondary N) is 2. The summed E-state index contributed by atoms with van der Waals surface area (Å²) in [5, 5.41) is 0.530. The van der Waals surface area contributed by atoms with Crippen LogP contribution in [0.3, 0.4) is 0 Å². The molecule has 1 aliphatic rings. The van der Waals surface area contributed by atoms with Crippen LogP contribution in [0.2, 0.25) is 0 Å². The SMILES string of the molecule is O=C1CCCCN1c1cccc(NS(=O)(=O)c2c[nH]c3ncccc23)c1. The highest BCUT2D eigenvalue weighted by molar-refractivity contribution is 7.93. The Morgan fingerprint density at radius 3 is 2.88 bits per heavy atom. The van der Waals surface area contributed by atoms with Crippen LogP contribution in [0.5, 0.6) is 0 Å². The summed E-state index contributed by atoms with van der Waals surface area (Å²) in [7, 11) is -3.78. The lowest BCUT2D eigenvalue weighted by Gasteiger charge is -2.27. The average molecular weight is 370 g/mol. The van der Waals surface area contributed by atoms with Crippen LogP contribution in [0.15, 0.2) is 53.7 Å². The number of anilines is 2. The number of carbonyl (C=O) groups is 1. The minimum absolute atomic E-state index is 0.0685. The Morgan fingerprint density at radius 2 is 2.04 bits per heavy atom. The van der Waals surface area contributed by atoms with Crippen molar-refractivity contribution in [3.8, 4) is 0 Å². The summed E-state index contributed by atoms with van der Waals surface area (Å²) in [4.78, 5) is 20.9. The second-order valence-electron chi connectivity index (χ2n) is 6.21. The number of fused-ring (bicyclic) bond motifs is 1. The van der Waals surface area contributed by atoms with E-state index in [1.165, 1.54) is 6.20 Å². The van der Waals surface area contributed by atoms with Gasteiger partial charge in [0.05, 0.1) is 5.69 Å². The van der Waals surface area contributed by atoms with Gasteiger partial charge in [-0.25, -0.2) is 13.4 Å². The van der Waals surface area contributed by atoms with Crippen molar-refractivity contribution < 1.29 is 13.2 Å². The summed E-state index contributed by atoms with van der Waals surface area (Å²) < 4.78 is 28.2. The maximum atomic E-state index is 12.8. The molecule has 0 spiro atoms. The summed E-state index contributed by atoms with van der Waals surface area (Å²) in [5.41, 5.74) is 1.63. The van der Waals surface area contributed by atoms with Crippen LogP contribution < -0.4 is 9.62 Å². The lowest BCUT2D eigenvalue weighted by molar-refractivity contribution is -0.119. The molecule has 0 atom stereocenters. The molecule has 26 heavy (non-hydrogen) atoms. The first kappa shape index (κ1) is 16.6. The number of rotatable bonds is 4. The molecule has 1 amide bonds. The quantitative estimate of drug-likeness (QED) is 0.738. The largest absolute Gasteiger partial charge is 0.345 e. The van der Waals surface area contributed by atoms with Crippen molar-refractivity contribution in [3.63, 3.8) is 0 Å². The number of aromatic amines is 1. The number of benzene rings is 1.